The van der Waals surface area contributed by atoms with E-state index in [1.165, 1.54) is 0 Å². The average molecular weight is 416 g/mol. The Morgan fingerprint density at radius 1 is 1.23 bits per heavy atom. The molecule has 1 aromatic carbocycles. The standard InChI is InChI=1S/C23H20N4O4/c1-13-10-18-20(23(28)30-13)19(16(12-24)21(25)31-18)15-11-14-4-2-3-5-17(14)26-22(15)27-6-8-29-9-7-27/h2-5,10-11,19H,6-9,25H2,1H3. The van der Waals surface area contributed by atoms with Gasteiger partial charge in [0.25, 0.3) is 0 Å². The molecule has 8 nitrogen and oxygen atoms in total. The predicted octanol–water partition coefficient (Wildman–Crippen LogP) is 2.55. The number of aromatic nitrogens is 1. The molecule has 1 saturated heterocycles. The number of fused-ring (bicyclic) bond motifs is 2. The highest BCUT2D eigenvalue weighted by molar-refractivity contribution is 5.83. The quantitative estimate of drug-likeness (QED) is 0.678. The molecule has 156 valence electrons. The summed E-state index contributed by atoms with van der Waals surface area (Å²) in [6, 6.07) is 13.5. The highest BCUT2D eigenvalue weighted by atomic mass is 16.5. The molecule has 4 heterocycles. The summed E-state index contributed by atoms with van der Waals surface area (Å²) in [5.74, 6) is 0.629. The second-order valence-corrected chi connectivity index (χ2v) is 7.54. The third kappa shape index (κ3) is 3.20. The first-order valence-electron chi connectivity index (χ1n) is 10.0. The van der Waals surface area contributed by atoms with Crippen molar-refractivity contribution in [2.45, 2.75) is 12.8 Å². The molecule has 0 bridgehead atoms. The number of hydrogen-bond donors (Lipinski definition) is 1. The third-order valence-corrected chi connectivity index (χ3v) is 5.61. The van der Waals surface area contributed by atoms with Crippen LogP contribution in [0.1, 0.15) is 22.8 Å². The van der Waals surface area contributed by atoms with Gasteiger partial charge in [-0.3, -0.25) is 0 Å². The zero-order valence-corrected chi connectivity index (χ0v) is 16.9. The van der Waals surface area contributed by atoms with Crippen molar-refractivity contribution >= 4 is 16.7 Å². The maximum Gasteiger partial charge on any atom is 0.343 e. The smallest absolute Gasteiger partial charge is 0.343 e. The van der Waals surface area contributed by atoms with Gasteiger partial charge < -0.3 is 24.5 Å². The number of anilines is 1. The summed E-state index contributed by atoms with van der Waals surface area (Å²) in [5, 5.41) is 10.8. The Labute approximate surface area is 178 Å². The topological polar surface area (TPSA) is 115 Å². The number of nitrogens with two attached hydrogens (primary N) is 1. The molecule has 3 aromatic rings. The lowest BCUT2D eigenvalue weighted by Gasteiger charge is -2.33. The molecular weight excluding hydrogens is 396 g/mol. The van der Waals surface area contributed by atoms with Crippen LogP contribution in [0.5, 0.6) is 5.75 Å². The number of morpholine rings is 1. The number of aryl methyl sites for hydroxylation is 1. The molecule has 1 unspecified atom stereocenters. The normalized spacial score (nSPS) is 18.5. The Morgan fingerprint density at radius 2 is 2.00 bits per heavy atom. The van der Waals surface area contributed by atoms with Crippen LogP contribution in [-0.4, -0.2) is 31.3 Å². The molecule has 2 aromatic heterocycles. The lowest BCUT2D eigenvalue weighted by Crippen LogP contribution is -2.38. The first kappa shape index (κ1) is 19.2. The average Bonchev–Trinajstić information content (AvgIpc) is 2.77. The number of hydrogen-bond acceptors (Lipinski definition) is 8. The Balaban J connectivity index is 1.82. The molecule has 0 aliphatic carbocycles. The highest BCUT2D eigenvalue weighted by Gasteiger charge is 2.37. The summed E-state index contributed by atoms with van der Waals surface area (Å²) < 4.78 is 16.5. The summed E-state index contributed by atoms with van der Waals surface area (Å²) in [5.41, 5.74) is 7.52. The van der Waals surface area contributed by atoms with Crippen LogP contribution < -0.4 is 21.0 Å². The minimum atomic E-state index is -0.749. The third-order valence-electron chi connectivity index (χ3n) is 5.61. The number of nitriles is 1. The summed E-state index contributed by atoms with van der Waals surface area (Å²) in [4.78, 5) is 19.9. The van der Waals surface area contributed by atoms with Crippen LogP contribution in [0.25, 0.3) is 10.9 Å². The number of benzene rings is 1. The molecule has 0 radical (unpaired) electrons. The van der Waals surface area contributed by atoms with Crippen LogP contribution in [0, 0.1) is 18.3 Å². The number of ether oxygens (including phenoxy) is 2. The van der Waals surface area contributed by atoms with Gasteiger partial charge in [0.1, 0.15) is 29.0 Å². The largest absolute Gasteiger partial charge is 0.440 e. The van der Waals surface area contributed by atoms with Crippen LogP contribution in [-0.2, 0) is 4.74 Å². The zero-order valence-electron chi connectivity index (χ0n) is 16.9. The van der Waals surface area contributed by atoms with E-state index < -0.39 is 11.5 Å². The maximum absolute atomic E-state index is 12.9. The van der Waals surface area contributed by atoms with Gasteiger partial charge in [-0.05, 0) is 19.1 Å². The van der Waals surface area contributed by atoms with Crippen molar-refractivity contribution in [3.05, 3.63) is 75.2 Å². The Morgan fingerprint density at radius 3 is 2.77 bits per heavy atom. The number of rotatable bonds is 2. The number of nitrogens with zero attached hydrogens (tertiary/aromatic N) is 3. The van der Waals surface area contributed by atoms with Crippen molar-refractivity contribution in [1.29, 1.82) is 5.26 Å². The lowest BCUT2D eigenvalue weighted by molar-refractivity contribution is 0.122. The van der Waals surface area contributed by atoms with Crippen LogP contribution in [0.15, 0.2) is 57.1 Å². The second kappa shape index (κ2) is 7.45. The molecule has 8 heteroatoms. The number of para-hydroxylation sites is 1. The van der Waals surface area contributed by atoms with E-state index in [4.69, 9.17) is 24.6 Å². The van der Waals surface area contributed by atoms with Crippen molar-refractivity contribution in [3.8, 4) is 11.8 Å². The van der Waals surface area contributed by atoms with Crippen LogP contribution in [0.4, 0.5) is 5.82 Å². The molecule has 31 heavy (non-hydrogen) atoms. The van der Waals surface area contributed by atoms with Crippen LogP contribution >= 0.6 is 0 Å². The zero-order chi connectivity index (χ0) is 21.5. The van der Waals surface area contributed by atoms with E-state index in [9.17, 15) is 10.1 Å². The highest BCUT2D eigenvalue weighted by Crippen LogP contribution is 2.44. The number of allylic oxidation sites excluding steroid dienone is 1. The lowest BCUT2D eigenvalue weighted by atomic mass is 9.83. The molecule has 5 rings (SSSR count). The van der Waals surface area contributed by atoms with Gasteiger partial charge in [-0.25, -0.2) is 9.78 Å². The van der Waals surface area contributed by atoms with Gasteiger partial charge in [-0.1, -0.05) is 18.2 Å². The summed E-state index contributed by atoms with van der Waals surface area (Å²) in [6.45, 7) is 4.11. The minimum Gasteiger partial charge on any atom is -0.440 e. The van der Waals surface area contributed by atoms with Gasteiger partial charge in [-0.15, -0.1) is 0 Å². The summed E-state index contributed by atoms with van der Waals surface area (Å²) >= 11 is 0. The molecule has 1 fully saturated rings. The monoisotopic (exact) mass is 416 g/mol. The molecule has 0 amide bonds. The van der Waals surface area contributed by atoms with E-state index in [1.807, 2.05) is 30.3 Å². The van der Waals surface area contributed by atoms with Gasteiger partial charge in [0.15, 0.2) is 0 Å². The Hall–Kier alpha value is -3.83. The first-order valence-corrected chi connectivity index (χ1v) is 10.0. The Kier molecular flexibility index (Phi) is 4.60. The van der Waals surface area contributed by atoms with Gasteiger partial charge in [0, 0.05) is 30.1 Å². The second-order valence-electron chi connectivity index (χ2n) is 7.54. The molecule has 2 aliphatic heterocycles. The van der Waals surface area contributed by atoms with Gasteiger partial charge in [0.05, 0.1) is 30.2 Å². The molecule has 0 saturated carbocycles. The van der Waals surface area contributed by atoms with Crippen molar-refractivity contribution in [3.63, 3.8) is 0 Å². The van der Waals surface area contributed by atoms with Crippen molar-refractivity contribution in [2.75, 3.05) is 31.2 Å². The predicted molar refractivity (Wildman–Crippen MR) is 114 cm³/mol. The van der Waals surface area contributed by atoms with Crippen molar-refractivity contribution in [2.24, 2.45) is 5.73 Å². The van der Waals surface area contributed by atoms with Gasteiger partial charge in [0.2, 0.25) is 5.88 Å². The van der Waals surface area contributed by atoms with Crippen LogP contribution in [0.2, 0.25) is 0 Å². The van der Waals surface area contributed by atoms with Gasteiger partial charge >= 0.3 is 5.63 Å². The number of pyridine rings is 1. The minimum absolute atomic E-state index is 0.0221. The van der Waals surface area contributed by atoms with E-state index >= 15 is 0 Å². The van der Waals surface area contributed by atoms with Crippen molar-refractivity contribution in [1.82, 2.24) is 4.98 Å². The molecular formula is C23H20N4O4. The van der Waals surface area contributed by atoms with Gasteiger partial charge in [-0.2, -0.15) is 5.26 Å². The molecule has 0 spiro atoms. The van der Waals surface area contributed by atoms with E-state index in [0.29, 0.717) is 49.2 Å². The maximum atomic E-state index is 12.9. The fraction of sp³-hybridized carbons (Fsp3) is 0.261. The fourth-order valence-electron chi connectivity index (χ4n) is 4.19. The SMILES string of the molecule is Cc1cc2c(c(=O)o1)C(c1cc3ccccc3nc1N1CCOCC1)C(C#N)=C(N)O2. The summed E-state index contributed by atoms with van der Waals surface area (Å²) in [6.07, 6.45) is 0. The van der Waals surface area contributed by atoms with E-state index in [-0.39, 0.29) is 17.0 Å². The fourth-order valence-corrected chi connectivity index (χ4v) is 4.19. The van der Waals surface area contributed by atoms with Crippen molar-refractivity contribution < 1.29 is 13.9 Å². The van der Waals surface area contributed by atoms with E-state index in [1.54, 1.807) is 13.0 Å². The molecule has 2 N–H and O–H groups in total. The van der Waals surface area contributed by atoms with Crippen LogP contribution in [0.3, 0.4) is 0 Å². The first-order chi connectivity index (χ1) is 15.1. The molecule has 2 aliphatic rings. The Bertz CT molecular complexity index is 1320. The summed E-state index contributed by atoms with van der Waals surface area (Å²) in [7, 11) is 0. The molecule has 1 atom stereocenters. The van der Waals surface area contributed by atoms with E-state index in [2.05, 4.69) is 11.0 Å². The van der Waals surface area contributed by atoms with E-state index in [0.717, 1.165) is 10.9 Å².